The quantitative estimate of drug-likeness (QED) is 0.500. The Morgan fingerprint density at radius 2 is 2.04 bits per heavy atom. The molecule has 0 bridgehead atoms. The third-order valence-electron chi connectivity index (χ3n) is 4.84. The van der Waals surface area contributed by atoms with Crippen LogP contribution in [0, 0.1) is 0 Å². The second-order valence-electron chi connectivity index (χ2n) is 6.52. The zero-order valence-corrected chi connectivity index (χ0v) is 16.4. The minimum Gasteiger partial charge on any atom is -0.468 e. The van der Waals surface area contributed by atoms with Crippen molar-refractivity contribution in [1.82, 2.24) is 0 Å². The number of esters is 1. The predicted molar refractivity (Wildman–Crippen MR) is 106 cm³/mol. The average Bonchev–Trinajstić information content (AvgIpc) is 2.57. The Labute approximate surface area is 154 Å². The van der Waals surface area contributed by atoms with Crippen molar-refractivity contribution in [2.24, 2.45) is 5.73 Å². The summed E-state index contributed by atoms with van der Waals surface area (Å²) in [6.45, 7) is 0. The van der Waals surface area contributed by atoms with E-state index in [9.17, 15) is 4.79 Å². The molecule has 1 aromatic carbocycles. The summed E-state index contributed by atoms with van der Waals surface area (Å²) in [5.74, 6) is 1.92. The molecular weight excluding hydrogens is 338 g/mol. The summed E-state index contributed by atoms with van der Waals surface area (Å²) in [5.41, 5.74) is 8.42. The Bertz CT molecular complexity index is 532. The third-order valence-corrected chi connectivity index (χ3v) is 7.22. The van der Waals surface area contributed by atoms with Crippen LogP contribution in [0.5, 0.6) is 0 Å². The number of nitrogens with two attached hydrogens (primary N) is 1. The monoisotopic (exact) mass is 367 g/mol. The first-order valence-corrected chi connectivity index (χ1v) is 11.0. The Balaban J connectivity index is 1.95. The van der Waals surface area contributed by atoms with Gasteiger partial charge in [0.25, 0.3) is 0 Å². The lowest BCUT2D eigenvalue weighted by atomic mass is 9.81. The van der Waals surface area contributed by atoms with Gasteiger partial charge in [0, 0.05) is 10.5 Å². The van der Waals surface area contributed by atoms with Crippen molar-refractivity contribution in [3.05, 3.63) is 35.4 Å². The highest BCUT2D eigenvalue weighted by molar-refractivity contribution is 8.00. The number of methoxy groups -OCH3 is 1. The maximum absolute atomic E-state index is 11.6. The predicted octanol–water partition coefficient (Wildman–Crippen LogP) is 4.03. The van der Waals surface area contributed by atoms with E-state index in [1.54, 1.807) is 0 Å². The average molecular weight is 368 g/mol. The second kappa shape index (κ2) is 9.73. The molecule has 1 saturated carbocycles. The first kappa shape index (κ1) is 19.7. The van der Waals surface area contributed by atoms with Crippen molar-refractivity contribution < 1.29 is 9.53 Å². The SMILES string of the molecule is COC(=O)C(N)Cc1ccccc1CSC1(CCCSC)CCC1. The lowest BCUT2D eigenvalue weighted by molar-refractivity contribution is -0.142. The molecule has 0 spiro atoms. The van der Waals surface area contributed by atoms with Crippen LogP contribution >= 0.6 is 23.5 Å². The number of carbonyl (C=O) groups is 1. The standard InChI is InChI=1S/C19H29NO2S2/c1-22-18(21)17(20)13-15-7-3-4-8-16(15)14-24-19(9-5-10-19)11-6-12-23-2/h3-4,7-8,17H,5-6,9-14,20H2,1-2H3. The molecule has 0 amide bonds. The molecule has 1 aliphatic rings. The normalized spacial score (nSPS) is 17.1. The van der Waals surface area contributed by atoms with E-state index < -0.39 is 6.04 Å². The Kier molecular flexibility index (Phi) is 7.98. The molecule has 1 fully saturated rings. The fourth-order valence-corrected chi connectivity index (χ4v) is 5.22. The smallest absolute Gasteiger partial charge is 0.322 e. The Hall–Kier alpha value is -0.650. The number of carbonyl (C=O) groups excluding carboxylic acids is 1. The molecule has 1 aliphatic carbocycles. The van der Waals surface area contributed by atoms with Crippen molar-refractivity contribution in [3.8, 4) is 0 Å². The molecule has 24 heavy (non-hydrogen) atoms. The highest BCUT2D eigenvalue weighted by Crippen LogP contribution is 2.49. The van der Waals surface area contributed by atoms with Gasteiger partial charge in [0.2, 0.25) is 0 Å². The van der Waals surface area contributed by atoms with E-state index in [4.69, 9.17) is 10.5 Å². The van der Waals surface area contributed by atoms with E-state index in [2.05, 4.69) is 36.2 Å². The van der Waals surface area contributed by atoms with Gasteiger partial charge < -0.3 is 10.5 Å². The summed E-state index contributed by atoms with van der Waals surface area (Å²) in [5, 5.41) is 0. The van der Waals surface area contributed by atoms with Gasteiger partial charge in [-0.3, -0.25) is 4.79 Å². The van der Waals surface area contributed by atoms with Gasteiger partial charge in [0.1, 0.15) is 6.04 Å². The fourth-order valence-electron chi connectivity index (χ4n) is 3.18. The van der Waals surface area contributed by atoms with Gasteiger partial charge >= 0.3 is 5.97 Å². The first-order chi connectivity index (χ1) is 11.6. The van der Waals surface area contributed by atoms with E-state index in [0.29, 0.717) is 11.2 Å². The minimum atomic E-state index is -0.583. The van der Waals surface area contributed by atoms with E-state index >= 15 is 0 Å². The lowest BCUT2D eigenvalue weighted by Gasteiger charge is -2.42. The zero-order valence-electron chi connectivity index (χ0n) is 14.8. The maximum Gasteiger partial charge on any atom is 0.322 e. The number of rotatable bonds is 10. The van der Waals surface area contributed by atoms with Crippen molar-refractivity contribution in [2.45, 2.75) is 55.1 Å². The summed E-state index contributed by atoms with van der Waals surface area (Å²) in [7, 11) is 1.39. The number of benzene rings is 1. The van der Waals surface area contributed by atoms with E-state index in [0.717, 1.165) is 5.75 Å². The van der Waals surface area contributed by atoms with Crippen LogP contribution in [-0.2, 0) is 21.7 Å². The van der Waals surface area contributed by atoms with Crippen molar-refractivity contribution in [1.29, 1.82) is 0 Å². The molecule has 1 aromatic rings. The lowest BCUT2D eigenvalue weighted by Crippen LogP contribution is -2.34. The van der Waals surface area contributed by atoms with Crippen LogP contribution in [0.1, 0.15) is 43.2 Å². The van der Waals surface area contributed by atoms with Crippen molar-refractivity contribution in [2.75, 3.05) is 19.1 Å². The molecule has 1 unspecified atom stereocenters. The molecule has 0 aliphatic heterocycles. The van der Waals surface area contributed by atoms with Gasteiger partial charge in [-0.1, -0.05) is 30.7 Å². The largest absolute Gasteiger partial charge is 0.468 e. The molecule has 5 heteroatoms. The molecule has 0 aromatic heterocycles. The van der Waals surface area contributed by atoms with Gasteiger partial charge in [-0.15, -0.1) is 0 Å². The summed E-state index contributed by atoms with van der Waals surface area (Å²) < 4.78 is 5.23. The van der Waals surface area contributed by atoms with Crippen LogP contribution < -0.4 is 5.73 Å². The van der Waals surface area contributed by atoms with Gasteiger partial charge in [0.15, 0.2) is 0 Å². The van der Waals surface area contributed by atoms with Crippen LogP contribution in [-0.4, -0.2) is 35.9 Å². The van der Waals surface area contributed by atoms with Crippen molar-refractivity contribution >= 4 is 29.5 Å². The molecule has 0 radical (unpaired) electrons. The minimum absolute atomic E-state index is 0.343. The molecular formula is C19H29NO2S2. The van der Waals surface area contributed by atoms with E-state index in [-0.39, 0.29) is 5.97 Å². The second-order valence-corrected chi connectivity index (χ2v) is 8.95. The number of thioether (sulfide) groups is 2. The van der Waals surface area contributed by atoms with Gasteiger partial charge in [-0.2, -0.15) is 23.5 Å². The first-order valence-electron chi connectivity index (χ1n) is 8.63. The molecule has 0 saturated heterocycles. The molecule has 2 rings (SSSR count). The van der Waals surface area contributed by atoms with Crippen LogP contribution in [0.2, 0.25) is 0 Å². The van der Waals surface area contributed by atoms with E-state index in [1.165, 1.54) is 56.1 Å². The van der Waals surface area contributed by atoms with Crippen molar-refractivity contribution in [3.63, 3.8) is 0 Å². The van der Waals surface area contributed by atoms with Crippen LogP contribution in [0.15, 0.2) is 24.3 Å². The molecule has 1 atom stereocenters. The van der Waals surface area contributed by atoms with Gasteiger partial charge in [0.05, 0.1) is 7.11 Å². The van der Waals surface area contributed by atoms with Gasteiger partial charge in [-0.25, -0.2) is 0 Å². The van der Waals surface area contributed by atoms with Gasteiger partial charge in [-0.05, 0) is 55.2 Å². The highest BCUT2D eigenvalue weighted by Gasteiger charge is 2.36. The number of hydrogen-bond acceptors (Lipinski definition) is 5. The Morgan fingerprint density at radius 3 is 2.62 bits per heavy atom. The Morgan fingerprint density at radius 1 is 1.33 bits per heavy atom. The van der Waals surface area contributed by atoms with E-state index in [1.807, 2.05) is 17.8 Å². The molecule has 3 nitrogen and oxygen atoms in total. The van der Waals surface area contributed by atoms with Crippen LogP contribution in [0.3, 0.4) is 0 Å². The van der Waals surface area contributed by atoms with Crippen LogP contribution in [0.25, 0.3) is 0 Å². The molecule has 2 N–H and O–H groups in total. The number of ether oxygens (including phenoxy) is 1. The molecule has 134 valence electrons. The highest BCUT2D eigenvalue weighted by atomic mass is 32.2. The van der Waals surface area contributed by atoms with Crippen LogP contribution in [0.4, 0.5) is 0 Å². The third kappa shape index (κ3) is 5.43. The number of hydrogen-bond donors (Lipinski definition) is 1. The fraction of sp³-hybridized carbons (Fsp3) is 0.632. The zero-order chi connectivity index (χ0) is 17.4. The maximum atomic E-state index is 11.6. The molecule has 0 heterocycles. The topological polar surface area (TPSA) is 52.3 Å². The summed E-state index contributed by atoms with van der Waals surface area (Å²) in [6.07, 6.45) is 9.41. The summed E-state index contributed by atoms with van der Waals surface area (Å²) >= 11 is 4.04. The summed E-state index contributed by atoms with van der Waals surface area (Å²) in [6, 6.07) is 7.76. The summed E-state index contributed by atoms with van der Waals surface area (Å²) in [4.78, 5) is 11.6.